The SMILES string of the molecule is Cc1ccccc1N/N=C\c1ccc(Br)cc1. The zero-order chi connectivity index (χ0) is 12.1. The molecule has 0 aromatic heterocycles. The van der Waals surface area contributed by atoms with Crippen molar-refractivity contribution < 1.29 is 0 Å². The van der Waals surface area contributed by atoms with Crippen LogP contribution in [0, 0.1) is 6.92 Å². The van der Waals surface area contributed by atoms with E-state index in [2.05, 4.69) is 39.4 Å². The van der Waals surface area contributed by atoms with E-state index in [0.717, 1.165) is 15.7 Å². The van der Waals surface area contributed by atoms with E-state index < -0.39 is 0 Å². The van der Waals surface area contributed by atoms with Crippen LogP contribution in [0.5, 0.6) is 0 Å². The van der Waals surface area contributed by atoms with Crippen molar-refractivity contribution in [2.24, 2.45) is 5.10 Å². The van der Waals surface area contributed by atoms with Crippen LogP contribution in [0.4, 0.5) is 5.69 Å². The fourth-order valence-electron chi connectivity index (χ4n) is 1.42. The third-order valence-corrected chi connectivity index (χ3v) is 2.94. The van der Waals surface area contributed by atoms with Crippen molar-refractivity contribution in [3.8, 4) is 0 Å². The minimum absolute atomic E-state index is 1.03. The van der Waals surface area contributed by atoms with Gasteiger partial charge in [-0.25, -0.2) is 0 Å². The molecule has 0 amide bonds. The van der Waals surface area contributed by atoms with Gasteiger partial charge < -0.3 is 0 Å². The first-order valence-electron chi connectivity index (χ1n) is 5.36. The smallest absolute Gasteiger partial charge is 0.0590 e. The number of nitrogens with one attached hydrogen (secondary N) is 1. The summed E-state index contributed by atoms with van der Waals surface area (Å²) < 4.78 is 1.07. The third kappa shape index (κ3) is 3.43. The zero-order valence-electron chi connectivity index (χ0n) is 9.52. The van der Waals surface area contributed by atoms with Crippen LogP contribution >= 0.6 is 15.9 Å². The summed E-state index contributed by atoms with van der Waals surface area (Å²) >= 11 is 3.40. The number of anilines is 1. The van der Waals surface area contributed by atoms with E-state index in [4.69, 9.17) is 0 Å². The van der Waals surface area contributed by atoms with Crippen molar-refractivity contribution in [1.29, 1.82) is 0 Å². The predicted octanol–water partition coefficient (Wildman–Crippen LogP) is 4.20. The van der Waals surface area contributed by atoms with Gasteiger partial charge in [-0.1, -0.05) is 46.3 Å². The molecule has 0 aliphatic heterocycles. The van der Waals surface area contributed by atoms with E-state index in [1.165, 1.54) is 5.56 Å². The molecule has 0 unspecified atom stereocenters. The van der Waals surface area contributed by atoms with Crippen molar-refractivity contribution in [1.82, 2.24) is 0 Å². The first kappa shape index (κ1) is 11.9. The summed E-state index contributed by atoms with van der Waals surface area (Å²) in [6.45, 7) is 2.05. The summed E-state index contributed by atoms with van der Waals surface area (Å²) in [5.41, 5.74) is 6.31. The van der Waals surface area contributed by atoms with Gasteiger partial charge in [-0.15, -0.1) is 0 Å². The van der Waals surface area contributed by atoms with E-state index in [9.17, 15) is 0 Å². The number of para-hydroxylation sites is 1. The van der Waals surface area contributed by atoms with Crippen molar-refractivity contribution in [2.75, 3.05) is 5.43 Å². The highest BCUT2D eigenvalue weighted by Crippen LogP contribution is 2.13. The number of aryl methyl sites for hydroxylation is 1. The lowest BCUT2D eigenvalue weighted by atomic mass is 10.2. The number of hydrogen-bond donors (Lipinski definition) is 1. The second-order valence-electron chi connectivity index (χ2n) is 3.74. The summed E-state index contributed by atoms with van der Waals surface area (Å²) in [5.74, 6) is 0. The van der Waals surface area contributed by atoms with Crippen LogP contribution in [0.1, 0.15) is 11.1 Å². The summed E-state index contributed by atoms with van der Waals surface area (Å²) in [7, 11) is 0. The quantitative estimate of drug-likeness (QED) is 0.664. The number of rotatable bonds is 3. The van der Waals surface area contributed by atoms with Gasteiger partial charge in [0.05, 0.1) is 11.9 Å². The summed E-state index contributed by atoms with van der Waals surface area (Å²) in [6, 6.07) is 16.1. The Labute approximate surface area is 110 Å². The number of hydrogen-bond acceptors (Lipinski definition) is 2. The Kier molecular flexibility index (Phi) is 3.94. The van der Waals surface area contributed by atoms with Gasteiger partial charge in [-0.05, 0) is 36.2 Å². The predicted molar refractivity (Wildman–Crippen MR) is 76.5 cm³/mol. The molecule has 1 N–H and O–H groups in total. The maximum absolute atomic E-state index is 4.21. The minimum atomic E-state index is 1.03. The largest absolute Gasteiger partial charge is 0.278 e. The highest BCUT2D eigenvalue weighted by molar-refractivity contribution is 9.10. The maximum atomic E-state index is 4.21. The molecule has 0 aliphatic carbocycles. The molecule has 3 heteroatoms. The van der Waals surface area contributed by atoms with Crippen LogP contribution in [-0.2, 0) is 0 Å². The summed E-state index contributed by atoms with van der Waals surface area (Å²) in [6.07, 6.45) is 1.80. The topological polar surface area (TPSA) is 24.4 Å². The van der Waals surface area contributed by atoms with Crippen LogP contribution in [0.3, 0.4) is 0 Å². The molecular formula is C14H13BrN2. The fraction of sp³-hybridized carbons (Fsp3) is 0.0714. The van der Waals surface area contributed by atoms with E-state index in [0.29, 0.717) is 0 Å². The molecule has 2 aromatic carbocycles. The van der Waals surface area contributed by atoms with Gasteiger partial charge in [0.15, 0.2) is 0 Å². The van der Waals surface area contributed by atoms with Crippen molar-refractivity contribution in [2.45, 2.75) is 6.92 Å². The summed E-state index contributed by atoms with van der Waals surface area (Å²) in [5, 5.41) is 4.21. The molecule has 86 valence electrons. The number of hydrazone groups is 1. The molecule has 0 aliphatic rings. The monoisotopic (exact) mass is 288 g/mol. The Bertz CT molecular complexity index is 518. The standard InChI is InChI=1S/C14H13BrN2/c1-11-4-2-3-5-14(11)17-16-10-12-6-8-13(15)9-7-12/h2-10,17H,1H3/b16-10-. The molecule has 17 heavy (non-hydrogen) atoms. The highest BCUT2D eigenvalue weighted by Gasteiger charge is 1.93. The second-order valence-corrected chi connectivity index (χ2v) is 4.65. The van der Waals surface area contributed by atoms with E-state index in [1.54, 1.807) is 6.21 Å². The summed E-state index contributed by atoms with van der Waals surface area (Å²) in [4.78, 5) is 0. The van der Waals surface area contributed by atoms with Gasteiger partial charge in [0, 0.05) is 4.47 Å². The van der Waals surface area contributed by atoms with Crippen molar-refractivity contribution in [3.05, 3.63) is 64.1 Å². The molecule has 0 atom stereocenters. The van der Waals surface area contributed by atoms with Crippen LogP contribution in [-0.4, -0.2) is 6.21 Å². The molecule has 2 aromatic rings. The van der Waals surface area contributed by atoms with Crippen molar-refractivity contribution >= 4 is 27.8 Å². The molecule has 2 rings (SSSR count). The Morgan fingerprint density at radius 1 is 1.06 bits per heavy atom. The van der Waals surface area contributed by atoms with Gasteiger partial charge in [0.25, 0.3) is 0 Å². The second kappa shape index (κ2) is 5.64. The first-order chi connectivity index (χ1) is 8.25. The van der Waals surface area contributed by atoms with E-state index in [-0.39, 0.29) is 0 Å². The van der Waals surface area contributed by atoms with Gasteiger partial charge in [0.1, 0.15) is 0 Å². The minimum Gasteiger partial charge on any atom is -0.278 e. The van der Waals surface area contributed by atoms with Gasteiger partial charge in [0.2, 0.25) is 0 Å². The maximum Gasteiger partial charge on any atom is 0.0590 e. The van der Waals surface area contributed by atoms with Crippen LogP contribution < -0.4 is 5.43 Å². The molecule has 0 fully saturated rings. The fourth-order valence-corrected chi connectivity index (χ4v) is 1.69. The van der Waals surface area contributed by atoms with Crippen LogP contribution in [0.15, 0.2) is 58.1 Å². The van der Waals surface area contributed by atoms with Gasteiger partial charge in [-0.3, -0.25) is 5.43 Å². The molecule has 0 saturated heterocycles. The Balaban J connectivity index is 2.03. The van der Waals surface area contributed by atoms with E-state index in [1.807, 2.05) is 42.5 Å². The van der Waals surface area contributed by atoms with Crippen LogP contribution in [0.25, 0.3) is 0 Å². The number of halogens is 1. The molecule has 2 nitrogen and oxygen atoms in total. The van der Waals surface area contributed by atoms with Crippen molar-refractivity contribution in [3.63, 3.8) is 0 Å². The number of benzene rings is 2. The van der Waals surface area contributed by atoms with Crippen LogP contribution in [0.2, 0.25) is 0 Å². The molecule has 0 radical (unpaired) electrons. The Morgan fingerprint density at radius 2 is 1.76 bits per heavy atom. The molecule has 0 heterocycles. The molecule has 0 bridgehead atoms. The molecular weight excluding hydrogens is 276 g/mol. The Morgan fingerprint density at radius 3 is 2.47 bits per heavy atom. The van der Waals surface area contributed by atoms with E-state index >= 15 is 0 Å². The Hall–Kier alpha value is -1.61. The first-order valence-corrected chi connectivity index (χ1v) is 6.15. The zero-order valence-corrected chi connectivity index (χ0v) is 11.1. The lowest BCUT2D eigenvalue weighted by Gasteiger charge is -2.03. The average molecular weight is 289 g/mol. The molecule has 0 saturated carbocycles. The third-order valence-electron chi connectivity index (χ3n) is 2.41. The molecule has 0 spiro atoms. The average Bonchev–Trinajstić information content (AvgIpc) is 2.34. The van der Waals surface area contributed by atoms with Gasteiger partial charge in [-0.2, -0.15) is 5.10 Å². The number of nitrogens with zero attached hydrogens (tertiary/aromatic N) is 1. The normalized spacial score (nSPS) is 10.7. The lowest BCUT2D eigenvalue weighted by molar-refractivity contribution is 1.31. The van der Waals surface area contributed by atoms with Gasteiger partial charge >= 0.3 is 0 Å². The lowest BCUT2D eigenvalue weighted by Crippen LogP contribution is -1.92. The highest BCUT2D eigenvalue weighted by atomic mass is 79.9.